The third kappa shape index (κ3) is 2.99. The number of hydrogen-bond acceptors (Lipinski definition) is 3. The highest BCUT2D eigenvalue weighted by molar-refractivity contribution is 7.13. The van der Waals surface area contributed by atoms with Gasteiger partial charge >= 0.3 is 5.97 Å². The van der Waals surface area contributed by atoms with E-state index in [1.165, 1.54) is 11.3 Å². The second kappa shape index (κ2) is 5.21. The summed E-state index contributed by atoms with van der Waals surface area (Å²) in [6.07, 6.45) is 0. The van der Waals surface area contributed by atoms with Crippen molar-refractivity contribution < 1.29 is 9.90 Å². The Hall–Kier alpha value is -1.52. The molecule has 0 spiro atoms. The minimum Gasteiger partial charge on any atom is -0.477 e. The Morgan fingerprint density at radius 3 is 2.71 bits per heavy atom. The summed E-state index contributed by atoms with van der Waals surface area (Å²) in [7, 11) is 0. The van der Waals surface area contributed by atoms with Crippen LogP contribution in [0.5, 0.6) is 0 Å². The molecule has 0 saturated carbocycles. The topological polar surface area (TPSA) is 49.3 Å². The lowest BCUT2D eigenvalue weighted by Gasteiger charge is -2.06. The van der Waals surface area contributed by atoms with Crippen LogP contribution in [0.1, 0.15) is 14.5 Å². The molecule has 3 nitrogen and oxygen atoms in total. The second-order valence-electron chi connectivity index (χ2n) is 3.40. The van der Waals surface area contributed by atoms with Crippen molar-refractivity contribution in [1.29, 1.82) is 0 Å². The van der Waals surface area contributed by atoms with Crippen molar-refractivity contribution in [2.75, 3.05) is 5.32 Å². The van der Waals surface area contributed by atoms with Gasteiger partial charge < -0.3 is 10.4 Å². The van der Waals surface area contributed by atoms with E-state index in [1.807, 2.05) is 18.2 Å². The molecule has 0 fully saturated rings. The van der Waals surface area contributed by atoms with E-state index in [4.69, 9.17) is 16.7 Å². The molecule has 2 rings (SSSR count). The lowest BCUT2D eigenvalue weighted by Crippen LogP contribution is -1.97. The molecule has 2 N–H and O–H groups in total. The third-order valence-electron chi connectivity index (χ3n) is 2.20. The minimum atomic E-state index is -0.890. The van der Waals surface area contributed by atoms with Crippen LogP contribution < -0.4 is 5.32 Å². The van der Waals surface area contributed by atoms with E-state index in [0.29, 0.717) is 16.4 Å². The Balaban J connectivity index is 2.02. The molecule has 0 radical (unpaired) electrons. The number of aromatic carboxylic acids is 1. The summed E-state index contributed by atoms with van der Waals surface area (Å²) < 4.78 is 0. The summed E-state index contributed by atoms with van der Waals surface area (Å²) >= 11 is 7.25. The Kier molecular flexibility index (Phi) is 3.66. The second-order valence-corrected chi connectivity index (χ2v) is 4.98. The highest BCUT2D eigenvalue weighted by Crippen LogP contribution is 2.23. The van der Waals surface area contributed by atoms with Crippen LogP contribution >= 0.6 is 22.9 Å². The maximum absolute atomic E-state index is 10.7. The van der Waals surface area contributed by atoms with Crippen LogP contribution in [-0.4, -0.2) is 11.1 Å². The first kappa shape index (κ1) is 12.0. The van der Waals surface area contributed by atoms with E-state index in [1.54, 1.807) is 18.2 Å². The Bertz CT molecular complexity index is 539. The molecule has 0 atom stereocenters. The number of nitrogens with one attached hydrogen (secondary N) is 1. The molecule has 5 heteroatoms. The normalized spacial score (nSPS) is 10.2. The molecule has 1 aromatic heterocycles. The number of halogens is 1. The maximum Gasteiger partial charge on any atom is 0.345 e. The van der Waals surface area contributed by atoms with Crippen molar-refractivity contribution in [3.63, 3.8) is 0 Å². The Morgan fingerprint density at radius 2 is 2.06 bits per heavy atom. The molecule has 88 valence electrons. The van der Waals surface area contributed by atoms with E-state index >= 15 is 0 Å². The number of thiophene rings is 1. The van der Waals surface area contributed by atoms with Gasteiger partial charge in [-0.3, -0.25) is 0 Å². The third-order valence-corrected chi connectivity index (χ3v) is 3.60. The highest BCUT2D eigenvalue weighted by Gasteiger charge is 2.06. The van der Waals surface area contributed by atoms with Gasteiger partial charge in [-0.15, -0.1) is 11.3 Å². The first-order valence-corrected chi connectivity index (χ1v) is 6.16. The van der Waals surface area contributed by atoms with Crippen LogP contribution in [0.3, 0.4) is 0 Å². The number of para-hydroxylation sites is 1. The van der Waals surface area contributed by atoms with Gasteiger partial charge in [0.15, 0.2) is 0 Å². The van der Waals surface area contributed by atoms with Gasteiger partial charge in [0.1, 0.15) is 4.88 Å². The summed E-state index contributed by atoms with van der Waals surface area (Å²) in [5.41, 5.74) is 0.847. The molecular formula is C12H10ClNO2S. The van der Waals surface area contributed by atoms with Crippen LogP contribution in [0.25, 0.3) is 0 Å². The van der Waals surface area contributed by atoms with Gasteiger partial charge in [-0.05, 0) is 24.3 Å². The molecule has 2 aromatic rings. The number of anilines is 1. The quantitative estimate of drug-likeness (QED) is 0.888. The van der Waals surface area contributed by atoms with Crippen molar-refractivity contribution >= 4 is 34.6 Å². The van der Waals surface area contributed by atoms with E-state index in [2.05, 4.69) is 5.32 Å². The van der Waals surface area contributed by atoms with Crippen molar-refractivity contribution in [2.45, 2.75) is 6.54 Å². The van der Waals surface area contributed by atoms with Crippen LogP contribution in [0.2, 0.25) is 5.02 Å². The molecule has 0 unspecified atom stereocenters. The first-order chi connectivity index (χ1) is 8.16. The zero-order chi connectivity index (χ0) is 12.3. The molecule has 0 bridgehead atoms. The highest BCUT2D eigenvalue weighted by atomic mass is 35.5. The number of carboxylic acids is 1. The monoisotopic (exact) mass is 267 g/mol. The van der Waals surface area contributed by atoms with Crippen LogP contribution in [-0.2, 0) is 6.54 Å². The number of carboxylic acid groups (broad SMARTS) is 1. The minimum absolute atomic E-state index is 0.348. The predicted octanol–water partition coefficient (Wildman–Crippen LogP) is 3.71. The van der Waals surface area contributed by atoms with Crippen LogP contribution in [0, 0.1) is 0 Å². The van der Waals surface area contributed by atoms with Crippen molar-refractivity contribution in [2.24, 2.45) is 0 Å². The average Bonchev–Trinajstić information content (AvgIpc) is 2.77. The molecule has 17 heavy (non-hydrogen) atoms. The molecular weight excluding hydrogens is 258 g/mol. The number of hydrogen-bond donors (Lipinski definition) is 2. The SMILES string of the molecule is O=C(O)c1ccc(CNc2ccccc2Cl)s1. The molecule has 0 aliphatic carbocycles. The van der Waals surface area contributed by atoms with Gasteiger partial charge in [0.05, 0.1) is 10.7 Å². The number of benzene rings is 1. The zero-order valence-corrected chi connectivity index (χ0v) is 10.4. The van der Waals surface area contributed by atoms with Gasteiger partial charge in [0.2, 0.25) is 0 Å². The fourth-order valence-corrected chi connectivity index (χ4v) is 2.36. The van der Waals surface area contributed by atoms with Gasteiger partial charge in [0, 0.05) is 11.4 Å². The molecule has 0 amide bonds. The lowest BCUT2D eigenvalue weighted by molar-refractivity contribution is 0.0702. The van der Waals surface area contributed by atoms with Gasteiger partial charge in [-0.2, -0.15) is 0 Å². The van der Waals surface area contributed by atoms with E-state index < -0.39 is 5.97 Å². The zero-order valence-electron chi connectivity index (χ0n) is 8.81. The van der Waals surface area contributed by atoms with Crippen molar-refractivity contribution in [3.8, 4) is 0 Å². The fourth-order valence-electron chi connectivity index (χ4n) is 1.37. The van der Waals surface area contributed by atoms with Crippen LogP contribution in [0.15, 0.2) is 36.4 Å². The first-order valence-electron chi connectivity index (χ1n) is 4.97. The summed E-state index contributed by atoms with van der Waals surface area (Å²) in [5.74, 6) is -0.890. The molecule has 0 aliphatic heterocycles. The Labute approximate surface area is 108 Å². The fraction of sp³-hybridized carbons (Fsp3) is 0.0833. The maximum atomic E-state index is 10.7. The summed E-state index contributed by atoms with van der Waals surface area (Å²) in [5, 5.41) is 12.6. The predicted molar refractivity (Wildman–Crippen MR) is 70.1 cm³/mol. The van der Waals surface area contributed by atoms with E-state index in [-0.39, 0.29) is 0 Å². The van der Waals surface area contributed by atoms with Gasteiger partial charge in [-0.25, -0.2) is 4.79 Å². The van der Waals surface area contributed by atoms with Crippen molar-refractivity contribution in [1.82, 2.24) is 0 Å². The largest absolute Gasteiger partial charge is 0.477 e. The van der Waals surface area contributed by atoms with Gasteiger partial charge in [-0.1, -0.05) is 23.7 Å². The lowest BCUT2D eigenvalue weighted by atomic mass is 10.3. The summed E-state index contributed by atoms with van der Waals surface area (Å²) in [6, 6.07) is 10.9. The van der Waals surface area contributed by atoms with E-state index in [9.17, 15) is 4.79 Å². The molecule has 1 heterocycles. The standard InChI is InChI=1S/C12H10ClNO2S/c13-9-3-1-2-4-10(9)14-7-8-5-6-11(17-8)12(15)16/h1-6,14H,7H2,(H,15,16). The average molecular weight is 268 g/mol. The molecule has 0 saturated heterocycles. The summed E-state index contributed by atoms with van der Waals surface area (Å²) in [4.78, 5) is 12.0. The Morgan fingerprint density at radius 1 is 1.29 bits per heavy atom. The smallest absolute Gasteiger partial charge is 0.345 e. The molecule has 1 aromatic carbocycles. The number of rotatable bonds is 4. The molecule has 0 aliphatic rings. The van der Waals surface area contributed by atoms with Crippen LogP contribution in [0.4, 0.5) is 5.69 Å². The van der Waals surface area contributed by atoms with Crippen molar-refractivity contribution in [3.05, 3.63) is 51.2 Å². The summed E-state index contributed by atoms with van der Waals surface area (Å²) in [6.45, 7) is 0.571. The number of carbonyl (C=O) groups is 1. The van der Waals surface area contributed by atoms with Gasteiger partial charge in [0.25, 0.3) is 0 Å². The van der Waals surface area contributed by atoms with E-state index in [0.717, 1.165) is 10.6 Å².